The maximum Gasteiger partial charge on any atom is 0.339 e. The zero-order valence-corrected chi connectivity index (χ0v) is 21.3. The van der Waals surface area contributed by atoms with Crippen LogP contribution in [-0.2, 0) is 27.7 Å². The lowest BCUT2D eigenvalue weighted by molar-refractivity contribution is -0.137. The van der Waals surface area contributed by atoms with Crippen LogP contribution in [0.15, 0.2) is 50.5 Å². The lowest BCUT2D eigenvalue weighted by Gasteiger charge is -2.24. The van der Waals surface area contributed by atoms with Crippen LogP contribution in [0.4, 0.5) is 0 Å². The molecule has 1 N–H and O–H groups in total. The Balaban J connectivity index is 1.72. The third-order valence-corrected chi connectivity index (χ3v) is 8.18. The molecule has 0 saturated carbocycles. The predicted molar refractivity (Wildman–Crippen MR) is 134 cm³/mol. The third-order valence-electron chi connectivity index (χ3n) is 6.72. The number of carbonyl (C=O) groups is 1. The summed E-state index contributed by atoms with van der Waals surface area (Å²) in [6.07, 6.45) is 3.72. The predicted octanol–water partition coefficient (Wildman–Crippen LogP) is 4.59. The van der Waals surface area contributed by atoms with Gasteiger partial charge >= 0.3 is 11.6 Å². The minimum Gasteiger partial charge on any atom is -0.425 e. The maximum atomic E-state index is 13.4. The van der Waals surface area contributed by atoms with E-state index < -0.39 is 22.0 Å². The molecule has 0 unspecified atom stereocenters. The van der Waals surface area contributed by atoms with Crippen LogP contribution in [0.2, 0.25) is 0 Å². The number of benzene rings is 2. The van der Waals surface area contributed by atoms with Gasteiger partial charge in [0.15, 0.2) is 0 Å². The van der Waals surface area contributed by atoms with E-state index in [0.717, 1.165) is 29.5 Å². The first-order chi connectivity index (χ1) is 16.6. The molecule has 1 aromatic heterocycles. The second kappa shape index (κ2) is 9.95. The SMILES string of the molecule is CC[C@H](C)[C@@H](NS(=O)(=O)c1ccc(C)cc1)C(=O)Oc1cc(C)cc2oc(=O)c3c(c12)CCCC3. The molecule has 1 aliphatic rings. The second-order valence-electron chi connectivity index (χ2n) is 9.41. The van der Waals surface area contributed by atoms with Gasteiger partial charge in [0.1, 0.15) is 17.4 Å². The van der Waals surface area contributed by atoms with Crippen molar-refractivity contribution in [1.29, 1.82) is 0 Å². The topological polar surface area (TPSA) is 103 Å². The van der Waals surface area contributed by atoms with Gasteiger partial charge in [0.2, 0.25) is 10.0 Å². The van der Waals surface area contributed by atoms with E-state index in [2.05, 4.69) is 4.72 Å². The molecular weight excluding hydrogens is 466 g/mol. The molecule has 0 amide bonds. The number of ether oxygens (including phenoxy) is 1. The Morgan fingerprint density at radius 3 is 2.37 bits per heavy atom. The molecule has 35 heavy (non-hydrogen) atoms. The van der Waals surface area contributed by atoms with E-state index in [-0.39, 0.29) is 22.2 Å². The summed E-state index contributed by atoms with van der Waals surface area (Å²) in [7, 11) is -3.95. The summed E-state index contributed by atoms with van der Waals surface area (Å²) in [5.74, 6) is -0.724. The van der Waals surface area contributed by atoms with Gasteiger partial charge in [-0.3, -0.25) is 0 Å². The van der Waals surface area contributed by atoms with Gasteiger partial charge < -0.3 is 9.15 Å². The van der Waals surface area contributed by atoms with E-state index >= 15 is 0 Å². The molecule has 186 valence electrons. The van der Waals surface area contributed by atoms with Crippen molar-refractivity contribution in [2.75, 3.05) is 0 Å². The zero-order valence-electron chi connectivity index (χ0n) is 20.5. The number of sulfonamides is 1. The zero-order chi connectivity index (χ0) is 25.3. The fourth-order valence-corrected chi connectivity index (χ4v) is 5.80. The molecule has 0 fully saturated rings. The maximum absolute atomic E-state index is 13.4. The largest absolute Gasteiger partial charge is 0.425 e. The van der Waals surface area contributed by atoms with Crippen LogP contribution in [0.3, 0.4) is 0 Å². The summed E-state index contributed by atoms with van der Waals surface area (Å²) in [6, 6.07) is 8.85. The van der Waals surface area contributed by atoms with Gasteiger partial charge in [0.25, 0.3) is 0 Å². The lowest BCUT2D eigenvalue weighted by atomic mass is 9.90. The number of rotatable bonds is 7. The molecule has 0 aliphatic heterocycles. The average molecular weight is 498 g/mol. The van der Waals surface area contributed by atoms with Gasteiger partial charge in [-0.25, -0.2) is 18.0 Å². The first-order valence-corrected chi connectivity index (χ1v) is 13.5. The molecule has 3 aromatic rings. The number of esters is 1. The standard InChI is InChI=1S/C27H31NO6S/c1-5-18(4)25(28-35(31,32)19-12-10-16(2)11-13-19)27(30)34-23-15-17(3)14-22-24(23)20-8-6-7-9-21(20)26(29)33-22/h10-15,18,25,28H,5-9H2,1-4H3/t18-,25+/m0/s1. The molecule has 1 aliphatic carbocycles. The van der Waals surface area contributed by atoms with Gasteiger partial charge in [-0.05, 0) is 80.8 Å². The van der Waals surface area contributed by atoms with Crippen molar-refractivity contribution < 1.29 is 22.4 Å². The second-order valence-corrected chi connectivity index (χ2v) is 11.1. The summed E-state index contributed by atoms with van der Waals surface area (Å²) < 4.78 is 40.1. The highest BCUT2D eigenvalue weighted by molar-refractivity contribution is 7.89. The van der Waals surface area contributed by atoms with Crippen LogP contribution in [0.25, 0.3) is 11.0 Å². The molecule has 0 saturated heterocycles. The van der Waals surface area contributed by atoms with E-state index in [9.17, 15) is 18.0 Å². The highest BCUT2D eigenvalue weighted by Gasteiger charge is 2.32. The van der Waals surface area contributed by atoms with Crippen molar-refractivity contribution in [3.05, 3.63) is 69.1 Å². The average Bonchev–Trinajstić information content (AvgIpc) is 2.82. The Labute approximate surface area is 205 Å². The normalized spacial score (nSPS) is 15.4. The van der Waals surface area contributed by atoms with Crippen LogP contribution < -0.4 is 15.1 Å². The van der Waals surface area contributed by atoms with Gasteiger partial charge in [-0.1, -0.05) is 38.0 Å². The lowest BCUT2D eigenvalue weighted by Crippen LogP contribution is -2.47. The first kappa shape index (κ1) is 25.1. The molecular formula is C27H31NO6S. The highest BCUT2D eigenvalue weighted by atomic mass is 32.2. The van der Waals surface area contributed by atoms with Crippen LogP contribution in [-0.4, -0.2) is 20.4 Å². The van der Waals surface area contributed by atoms with Gasteiger partial charge in [-0.2, -0.15) is 4.72 Å². The minimum absolute atomic E-state index is 0.0843. The fraction of sp³-hybridized carbons (Fsp3) is 0.407. The van der Waals surface area contributed by atoms with E-state index in [1.165, 1.54) is 12.1 Å². The van der Waals surface area contributed by atoms with E-state index in [1.54, 1.807) is 31.2 Å². The van der Waals surface area contributed by atoms with Crippen LogP contribution in [0, 0.1) is 19.8 Å². The van der Waals surface area contributed by atoms with Crippen molar-refractivity contribution in [3.8, 4) is 5.75 Å². The van der Waals surface area contributed by atoms with E-state index in [0.29, 0.717) is 35.8 Å². The Kier molecular flexibility index (Phi) is 7.15. The van der Waals surface area contributed by atoms with Crippen LogP contribution in [0.1, 0.15) is 55.4 Å². The Morgan fingerprint density at radius 1 is 1.06 bits per heavy atom. The first-order valence-electron chi connectivity index (χ1n) is 12.0. The molecule has 2 aromatic carbocycles. The molecule has 7 nitrogen and oxygen atoms in total. The van der Waals surface area contributed by atoms with Crippen molar-refractivity contribution in [2.24, 2.45) is 5.92 Å². The smallest absolute Gasteiger partial charge is 0.339 e. The summed E-state index contributed by atoms with van der Waals surface area (Å²) in [4.78, 5) is 26.0. The molecule has 0 radical (unpaired) electrons. The quantitative estimate of drug-likeness (QED) is 0.291. The van der Waals surface area contributed by atoms with Crippen LogP contribution >= 0.6 is 0 Å². The van der Waals surface area contributed by atoms with E-state index in [1.807, 2.05) is 20.8 Å². The Hall–Kier alpha value is -2.97. The minimum atomic E-state index is -3.95. The fourth-order valence-electron chi connectivity index (χ4n) is 4.50. The number of aryl methyl sites for hydroxylation is 3. The van der Waals surface area contributed by atoms with Crippen molar-refractivity contribution in [1.82, 2.24) is 4.72 Å². The summed E-state index contributed by atoms with van der Waals surface area (Å²) in [6.45, 7) is 7.38. The molecule has 0 spiro atoms. The summed E-state index contributed by atoms with van der Waals surface area (Å²) in [5.41, 5.74) is 3.20. The van der Waals surface area contributed by atoms with Crippen molar-refractivity contribution in [3.63, 3.8) is 0 Å². The number of carbonyl (C=O) groups excluding carboxylic acids is 1. The number of fused-ring (bicyclic) bond motifs is 3. The molecule has 0 bridgehead atoms. The van der Waals surface area contributed by atoms with Gasteiger partial charge in [-0.15, -0.1) is 0 Å². The number of nitrogens with one attached hydrogen (secondary N) is 1. The van der Waals surface area contributed by atoms with E-state index in [4.69, 9.17) is 9.15 Å². The Bertz CT molecular complexity index is 1420. The summed E-state index contributed by atoms with van der Waals surface area (Å²) in [5, 5.41) is 0.613. The third kappa shape index (κ3) is 5.18. The molecule has 1 heterocycles. The van der Waals surface area contributed by atoms with Gasteiger partial charge in [0, 0.05) is 5.56 Å². The van der Waals surface area contributed by atoms with Gasteiger partial charge in [0.05, 0.1) is 10.3 Å². The number of hydrogen-bond donors (Lipinski definition) is 1. The highest BCUT2D eigenvalue weighted by Crippen LogP contribution is 2.35. The van der Waals surface area contributed by atoms with Crippen molar-refractivity contribution in [2.45, 2.75) is 70.7 Å². The molecule has 4 rings (SSSR count). The summed E-state index contributed by atoms with van der Waals surface area (Å²) >= 11 is 0. The number of hydrogen-bond acceptors (Lipinski definition) is 6. The van der Waals surface area contributed by atoms with Crippen LogP contribution in [0.5, 0.6) is 5.75 Å². The Morgan fingerprint density at radius 2 is 1.71 bits per heavy atom. The molecule has 8 heteroatoms. The van der Waals surface area contributed by atoms with Crippen molar-refractivity contribution >= 4 is 27.0 Å². The monoisotopic (exact) mass is 497 g/mol. The molecule has 2 atom stereocenters.